The third-order valence-electron chi connectivity index (χ3n) is 3.19. The van der Waals surface area contributed by atoms with Gasteiger partial charge in [0.15, 0.2) is 0 Å². The van der Waals surface area contributed by atoms with Crippen molar-refractivity contribution in [1.29, 1.82) is 0 Å². The molecule has 1 aromatic heterocycles. The number of anilines is 1. The zero-order valence-corrected chi connectivity index (χ0v) is 11.1. The monoisotopic (exact) mass is 287 g/mol. The van der Waals surface area contributed by atoms with E-state index in [0.29, 0.717) is 5.52 Å². The molecule has 0 atom stereocenters. The van der Waals surface area contributed by atoms with Gasteiger partial charge in [-0.15, -0.1) is 0 Å². The van der Waals surface area contributed by atoms with Crippen molar-refractivity contribution >= 4 is 22.6 Å². The molecule has 3 aromatic rings. The van der Waals surface area contributed by atoms with Gasteiger partial charge in [0.05, 0.1) is 17.4 Å². The Morgan fingerprint density at radius 3 is 2.62 bits per heavy atom. The van der Waals surface area contributed by atoms with Gasteiger partial charge in [0.25, 0.3) is 5.91 Å². The molecule has 1 N–H and O–H groups in total. The van der Waals surface area contributed by atoms with Crippen LogP contribution in [-0.4, -0.2) is 15.5 Å². The van der Waals surface area contributed by atoms with E-state index in [1.807, 2.05) is 11.6 Å². The lowest BCUT2D eigenvalue weighted by Gasteiger charge is -2.07. The standard InChI is InChI=1S/C15H11F2N3O/c1-20-8-18-12-7-9(5-6-13(12)20)15(21)19-14-10(16)3-2-4-11(14)17/h2-8H,1H3,(H,19,21). The Morgan fingerprint density at radius 1 is 1.19 bits per heavy atom. The molecule has 4 nitrogen and oxygen atoms in total. The number of rotatable bonds is 2. The van der Waals surface area contributed by atoms with Gasteiger partial charge in [-0.2, -0.15) is 0 Å². The quantitative estimate of drug-likeness (QED) is 0.787. The van der Waals surface area contributed by atoms with Gasteiger partial charge in [-0.1, -0.05) is 6.07 Å². The number of para-hydroxylation sites is 1. The highest BCUT2D eigenvalue weighted by Crippen LogP contribution is 2.20. The van der Waals surface area contributed by atoms with E-state index in [-0.39, 0.29) is 5.56 Å². The number of hydrogen-bond donors (Lipinski definition) is 1. The molecule has 106 valence electrons. The molecule has 0 aliphatic carbocycles. The Balaban J connectivity index is 1.93. The molecule has 0 unspecified atom stereocenters. The van der Waals surface area contributed by atoms with Crippen LogP contribution in [0, 0.1) is 11.6 Å². The molecule has 0 fully saturated rings. The average Bonchev–Trinajstić information content (AvgIpc) is 2.84. The number of aryl methyl sites for hydroxylation is 1. The summed E-state index contributed by atoms with van der Waals surface area (Å²) in [5.41, 5.74) is 1.33. The maximum Gasteiger partial charge on any atom is 0.255 e. The second kappa shape index (κ2) is 4.97. The van der Waals surface area contributed by atoms with Crippen LogP contribution in [0.2, 0.25) is 0 Å². The van der Waals surface area contributed by atoms with Crippen molar-refractivity contribution in [3.63, 3.8) is 0 Å². The fraction of sp³-hybridized carbons (Fsp3) is 0.0667. The molecule has 21 heavy (non-hydrogen) atoms. The molecule has 1 amide bonds. The number of carbonyl (C=O) groups is 1. The van der Waals surface area contributed by atoms with Gasteiger partial charge in [0, 0.05) is 12.6 Å². The van der Waals surface area contributed by atoms with Crippen LogP contribution < -0.4 is 5.32 Å². The first kappa shape index (κ1) is 13.2. The van der Waals surface area contributed by atoms with Gasteiger partial charge in [-0.05, 0) is 30.3 Å². The van der Waals surface area contributed by atoms with Crippen LogP contribution >= 0.6 is 0 Å². The fourth-order valence-electron chi connectivity index (χ4n) is 2.08. The zero-order chi connectivity index (χ0) is 15.0. The van der Waals surface area contributed by atoms with Crippen LogP contribution in [-0.2, 0) is 7.05 Å². The molecule has 2 aromatic carbocycles. The third-order valence-corrected chi connectivity index (χ3v) is 3.19. The molecular weight excluding hydrogens is 276 g/mol. The fourth-order valence-corrected chi connectivity index (χ4v) is 2.08. The molecule has 0 spiro atoms. The lowest BCUT2D eigenvalue weighted by Crippen LogP contribution is -2.14. The van der Waals surface area contributed by atoms with Crippen molar-refractivity contribution in [3.8, 4) is 0 Å². The lowest BCUT2D eigenvalue weighted by atomic mass is 10.1. The number of carbonyl (C=O) groups excluding carboxylic acids is 1. The summed E-state index contributed by atoms with van der Waals surface area (Å²) in [7, 11) is 1.84. The smallest absolute Gasteiger partial charge is 0.255 e. The average molecular weight is 287 g/mol. The predicted octanol–water partition coefficient (Wildman–Crippen LogP) is 3.10. The van der Waals surface area contributed by atoms with Crippen molar-refractivity contribution in [2.45, 2.75) is 0 Å². The molecule has 1 heterocycles. The number of amides is 1. The van der Waals surface area contributed by atoms with Gasteiger partial charge < -0.3 is 9.88 Å². The summed E-state index contributed by atoms with van der Waals surface area (Å²) in [5.74, 6) is -2.23. The van der Waals surface area contributed by atoms with Crippen molar-refractivity contribution in [2.24, 2.45) is 7.05 Å². The largest absolute Gasteiger partial charge is 0.334 e. The predicted molar refractivity (Wildman–Crippen MR) is 75.0 cm³/mol. The summed E-state index contributed by atoms with van der Waals surface area (Å²) in [6.45, 7) is 0. The maximum absolute atomic E-state index is 13.5. The molecule has 0 saturated carbocycles. The first-order valence-corrected chi connectivity index (χ1v) is 6.22. The topological polar surface area (TPSA) is 46.9 Å². The van der Waals surface area contributed by atoms with Crippen molar-refractivity contribution in [1.82, 2.24) is 9.55 Å². The van der Waals surface area contributed by atoms with Gasteiger partial charge in [0.2, 0.25) is 0 Å². The van der Waals surface area contributed by atoms with E-state index in [9.17, 15) is 13.6 Å². The number of nitrogens with zero attached hydrogens (tertiary/aromatic N) is 2. The second-order valence-electron chi connectivity index (χ2n) is 4.61. The van der Waals surface area contributed by atoms with Crippen LogP contribution in [0.25, 0.3) is 11.0 Å². The summed E-state index contributed by atoms with van der Waals surface area (Å²) >= 11 is 0. The van der Waals surface area contributed by atoms with Gasteiger partial charge >= 0.3 is 0 Å². The highest BCUT2D eigenvalue weighted by molar-refractivity contribution is 6.06. The molecule has 6 heteroatoms. The molecule has 0 saturated heterocycles. The SMILES string of the molecule is Cn1cnc2cc(C(=O)Nc3c(F)cccc3F)ccc21. The summed E-state index contributed by atoms with van der Waals surface area (Å²) in [5, 5.41) is 2.24. The van der Waals surface area contributed by atoms with Crippen LogP contribution in [0.15, 0.2) is 42.7 Å². The first-order chi connectivity index (χ1) is 10.1. The van der Waals surface area contributed by atoms with E-state index >= 15 is 0 Å². The molecule has 0 radical (unpaired) electrons. The number of fused-ring (bicyclic) bond motifs is 1. The molecule has 0 aliphatic rings. The van der Waals surface area contributed by atoms with Gasteiger partial charge in [-0.25, -0.2) is 13.8 Å². The van der Waals surface area contributed by atoms with Crippen LogP contribution in [0.3, 0.4) is 0 Å². The normalized spacial score (nSPS) is 10.8. The number of halogens is 2. The van der Waals surface area contributed by atoms with E-state index in [1.54, 1.807) is 24.5 Å². The summed E-state index contributed by atoms with van der Waals surface area (Å²) in [4.78, 5) is 16.2. The number of imidazole rings is 1. The van der Waals surface area contributed by atoms with E-state index in [1.165, 1.54) is 6.07 Å². The minimum absolute atomic E-state index is 0.281. The Labute approximate surface area is 119 Å². The minimum Gasteiger partial charge on any atom is -0.334 e. The first-order valence-electron chi connectivity index (χ1n) is 6.22. The lowest BCUT2D eigenvalue weighted by molar-refractivity contribution is 0.102. The van der Waals surface area contributed by atoms with Crippen LogP contribution in [0.5, 0.6) is 0 Å². The second-order valence-corrected chi connectivity index (χ2v) is 4.61. The number of aromatic nitrogens is 2. The summed E-state index contributed by atoms with van der Waals surface area (Å²) in [6, 6.07) is 8.29. The summed E-state index contributed by atoms with van der Waals surface area (Å²) < 4.78 is 28.8. The highest BCUT2D eigenvalue weighted by atomic mass is 19.1. The van der Waals surface area contributed by atoms with Crippen molar-refractivity contribution in [3.05, 3.63) is 59.9 Å². The van der Waals surface area contributed by atoms with Gasteiger partial charge in [-0.3, -0.25) is 4.79 Å². The minimum atomic E-state index is -0.817. The van der Waals surface area contributed by atoms with Crippen LogP contribution in [0.1, 0.15) is 10.4 Å². The Hall–Kier alpha value is -2.76. The van der Waals surface area contributed by atoms with E-state index < -0.39 is 23.2 Å². The Bertz CT molecular complexity index is 822. The number of nitrogens with one attached hydrogen (secondary N) is 1. The van der Waals surface area contributed by atoms with Gasteiger partial charge in [0.1, 0.15) is 17.3 Å². The van der Waals surface area contributed by atoms with E-state index in [0.717, 1.165) is 17.6 Å². The maximum atomic E-state index is 13.5. The molecule has 0 aliphatic heterocycles. The van der Waals surface area contributed by atoms with Crippen LogP contribution in [0.4, 0.5) is 14.5 Å². The van der Waals surface area contributed by atoms with E-state index in [4.69, 9.17) is 0 Å². The number of benzene rings is 2. The molecular formula is C15H11F2N3O. The van der Waals surface area contributed by atoms with Crippen molar-refractivity contribution in [2.75, 3.05) is 5.32 Å². The van der Waals surface area contributed by atoms with Crippen molar-refractivity contribution < 1.29 is 13.6 Å². The van der Waals surface area contributed by atoms with E-state index in [2.05, 4.69) is 10.3 Å². The highest BCUT2D eigenvalue weighted by Gasteiger charge is 2.14. The Morgan fingerprint density at radius 2 is 1.90 bits per heavy atom. The zero-order valence-electron chi connectivity index (χ0n) is 11.1. The molecule has 0 bridgehead atoms. The third kappa shape index (κ3) is 2.35. The Kier molecular flexibility index (Phi) is 3.13. The summed E-state index contributed by atoms with van der Waals surface area (Å²) in [6.07, 6.45) is 1.63. The molecule has 3 rings (SSSR count). The number of hydrogen-bond acceptors (Lipinski definition) is 2.